The number of carbonyl (C=O) groups excluding carboxylic acids is 1. The number of hydrogen-bond donors (Lipinski definition) is 1. The van der Waals surface area contributed by atoms with E-state index in [1.54, 1.807) is 0 Å². The zero-order valence-electron chi connectivity index (χ0n) is 8.25. The Hall–Kier alpha value is -1.30. The van der Waals surface area contributed by atoms with Crippen molar-refractivity contribution in [2.45, 2.75) is 26.7 Å². The zero-order valence-corrected chi connectivity index (χ0v) is 9.07. The smallest absolute Gasteiger partial charge is 0.247 e. The van der Waals surface area contributed by atoms with E-state index >= 15 is 0 Å². The number of aromatic nitrogens is 1. The molecule has 0 bridgehead atoms. The van der Waals surface area contributed by atoms with Gasteiger partial charge in [0.25, 0.3) is 0 Å². The Kier molecular flexibility index (Phi) is 3.29. The Morgan fingerprint density at radius 2 is 2.21 bits per heavy atom. The Labute approximate surface area is 85.5 Å². The fourth-order valence-electron chi connectivity index (χ4n) is 1.03. The molecule has 14 heavy (non-hydrogen) atoms. The fourth-order valence-corrected chi connectivity index (χ4v) is 2.01. The van der Waals surface area contributed by atoms with E-state index in [-0.39, 0.29) is 11.8 Å². The standard InChI is InChI=1S/C8H11N3O2S/c1-4(2)6-7(11-13)14-8(10-6)9-5(3)12/h4H,1-3H3,(H,9,10,12)/p+1. The molecule has 0 fully saturated rings. The van der Waals surface area contributed by atoms with Gasteiger partial charge in [0.15, 0.2) is 0 Å². The molecular weight excluding hydrogens is 202 g/mol. The molecule has 1 aromatic heterocycles. The molecule has 0 aliphatic rings. The van der Waals surface area contributed by atoms with Crippen molar-refractivity contribution in [1.82, 2.24) is 0 Å². The molecule has 0 atom stereocenters. The van der Waals surface area contributed by atoms with E-state index in [4.69, 9.17) is 0 Å². The molecule has 0 saturated carbocycles. The summed E-state index contributed by atoms with van der Waals surface area (Å²) in [6.07, 6.45) is 0. The first kappa shape index (κ1) is 10.8. The van der Waals surface area contributed by atoms with Gasteiger partial charge in [-0.15, -0.1) is 4.91 Å². The van der Waals surface area contributed by atoms with E-state index < -0.39 is 0 Å². The highest BCUT2D eigenvalue weighted by Crippen LogP contribution is 2.31. The van der Waals surface area contributed by atoms with Gasteiger partial charge in [-0.3, -0.25) is 0 Å². The maximum absolute atomic E-state index is 10.8. The van der Waals surface area contributed by atoms with Crippen molar-refractivity contribution in [3.8, 4) is 0 Å². The van der Waals surface area contributed by atoms with Crippen molar-refractivity contribution in [3.63, 3.8) is 0 Å². The summed E-state index contributed by atoms with van der Waals surface area (Å²) in [5.74, 6) is 0.0108. The Balaban J connectivity index is 3.00. The number of hydrogen-bond acceptors (Lipinski definition) is 4. The van der Waals surface area contributed by atoms with Crippen LogP contribution in [0.3, 0.4) is 0 Å². The lowest BCUT2D eigenvalue weighted by molar-refractivity contribution is -0.368. The minimum atomic E-state index is -0.171. The van der Waals surface area contributed by atoms with Crippen LogP contribution in [0, 0.1) is 4.91 Å². The number of H-pyrrole nitrogens is 1. The van der Waals surface area contributed by atoms with Crippen LogP contribution in [-0.2, 0) is 4.79 Å². The molecular formula is C8H12N3O2S+. The number of anilines is 1. The number of nitroso groups, excluding NO2 is 1. The van der Waals surface area contributed by atoms with Gasteiger partial charge in [-0.25, -0.2) is 15.1 Å². The van der Waals surface area contributed by atoms with Gasteiger partial charge < -0.3 is 0 Å². The second-order valence-electron chi connectivity index (χ2n) is 3.20. The van der Waals surface area contributed by atoms with Gasteiger partial charge in [-0.05, 0) is 16.5 Å². The third-order valence-electron chi connectivity index (χ3n) is 1.63. The number of nitrogens with one attached hydrogen (secondary N) is 2. The van der Waals surface area contributed by atoms with Gasteiger partial charge in [0, 0.05) is 12.8 Å². The number of thiazole rings is 1. The van der Waals surface area contributed by atoms with E-state index in [1.807, 2.05) is 13.8 Å². The maximum Gasteiger partial charge on any atom is 0.341 e. The summed E-state index contributed by atoms with van der Waals surface area (Å²) >= 11 is 1.15. The number of rotatable bonds is 3. The summed E-state index contributed by atoms with van der Waals surface area (Å²) in [5.41, 5.74) is 0.758. The van der Waals surface area contributed by atoms with Crippen molar-refractivity contribution >= 4 is 27.4 Å². The molecule has 1 amide bonds. The second-order valence-corrected chi connectivity index (χ2v) is 4.20. The van der Waals surface area contributed by atoms with E-state index in [0.29, 0.717) is 10.1 Å². The molecule has 0 aromatic carbocycles. The normalized spacial score (nSPS) is 10.3. The van der Waals surface area contributed by atoms with Crippen LogP contribution in [-0.4, -0.2) is 5.91 Å². The largest absolute Gasteiger partial charge is 0.341 e. The minimum Gasteiger partial charge on any atom is -0.247 e. The summed E-state index contributed by atoms with van der Waals surface area (Å²) in [6, 6.07) is 0. The molecule has 0 saturated heterocycles. The first-order chi connectivity index (χ1) is 6.54. The van der Waals surface area contributed by atoms with Crippen LogP contribution in [0.4, 0.5) is 10.1 Å². The number of aromatic amines is 1. The molecule has 0 unspecified atom stereocenters. The van der Waals surface area contributed by atoms with Crippen LogP contribution in [0.1, 0.15) is 32.4 Å². The average molecular weight is 214 g/mol. The third-order valence-corrected chi connectivity index (χ3v) is 2.52. The second kappa shape index (κ2) is 4.28. The third kappa shape index (κ3) is 2.35. The van der Waals surface area contributed by atoms with Gasteiger partial charge in [-0.2, -0.15) is 0 Å². The Bertz CT molecular complexity index is 359. The van der Waals surface area contributed by atoms with E-state index in [1.165, 1.54) is 6.92 Å². The Morgan fingerprint density at radius 3 is 2.57 bits per heavy atom. The summed E-state index contributed by atoms with van der Waals surface area (Å²) in [5, 5.41) is 6.43. The number of carbonyl (C=O) groups is 1. The van der Waals surface area contributed by atoms with Gasteiger partial charge >= 0.3 is 11.0 Å². The molecule has 0 radical (unpaired) electrons. The predicted octanol–water partition coefficient (Wildman–Crippen LogP) is 2.04. The lowest BCUT2D eigenvalue weighted by atomic mass is 10.1. The van der Waals surface area contributed by atoms with Crippen molar-refractivity contribution in [3.05, 3.63) is 10.6 Å². The Morgan fingerprint density at radius 1 is 1.57 bits per heavy atom. The van der Waals surface area contributed by atoms with E-state index in [9.17, 15) is 9.70 Å². The summed E-state index contributed by atoms with van der Waals surface area (Å²) in [6.45, 7) is 5.31. The highest BCUT2D eigenvalue weighted by atomic mass is 32.1. The molecule has 0 aliphatic heterocycles. The molecule has 0 spiro atoms. The van der Waals surface area contributed by atoms with Gasteiger partial charge in [0.05, 0.1) is 0 Å². The van der Waals surface area contributed by atoms with Crippen LogP contribution >= 0.6 is 11.3 Å². The molecule has 1 rings (SSSR count). The lowest BCUT2D eigenvalue weighted by Crippen LogP contribution is -2.16. The van der Waals surface area contributed by atoms with Crippen molar-refractivity contribution < 1.29 is 9.78 Å². The molecule has 2 N–H and O–H groups in total. The maximum atomic E-state index is 10.8. The van der Waals surface area contributed by atoms with Crippen LogP contribution in [0.15, 0.2) is 5.18 Å². The fraction of sp³-hybridized carbons (Fsp3) is 0.500. The van der Waals surface area contributed by atoms with Crippen molar-refractivity contribution in [2.24, 2.45) is 5.18 Å². The average Bonchev–Trinajstić information content (AvgIpc) is 2.46. The molecule has 6 heteroatoms. The van der Waals surface area contributed by atoms with Crippen LogP contribution in [0.5, 0.6) is 0 Å². The topological polar surface area (TPSA) is 72.7 Å². The van der Waals surface area contributed by atoms with Gasteiger partial charge in [0.1, 0.15) is 5.69 Å². The minimum absolute atomic E-state index is 0.171. The predicted molar refractivity (Wildman–Crippen MR) is 54.7 cm³/mol. The van der Waals surface area contributed by atoms with Crippen LogP contribution < -0.4 is 10.3 Å². The van der Waals surface area contributed by atoms with E-state index in [2.05, 4.69) is 15.5 Å². The van der Waals surface area contributed by atoms with Crippen molar-refractivity contribution in [2.75, 3.05) is 5.32 Å². The molecule has 0 aliphatic carbocycles. The lowest BCUT2D eigenvalue weighted by Gasteiger charge is -1.95. The van der Waals surface area contributed by atoms with E-state index in [0.717, 1.165) is 17.0 Å². The van der Waals surface area contributed by atoms with Crippen LogP contribution in [0.2, 0.25) is 0 Å². The number of nitrogens with zero attached hydrogens (tertiary/aromatic N) is 1. The van der Waals surface area contributed by atoms with Crippen LogP contribution in [0.25, 0.3) is 0 Å². The molecule has 1 heterocycles. The quantitative estimate of drug-likeness (QED) is 0.782. The highest BCUT2D eigenvalue weighted by Gasteiger charge is 2.20. The number of amides is 1. The summed E-state index contributed by atoms with van der Waals surface area (Å²) < 4.78 is 0. The zero-order chi connectivity index (χ0) is 10.7. The SMILES string of the molecule is CC(=O)Nc1[nH+]c(C(C)C)c(N=O)s1. The first-order valence-electron chi connectivity index (χ1n) is 4.21. The highest BCUT2D eigenvalue weighted by molar-refractivity contribution is 7.19. The van der Waals surface area contributed by atoms with Gasteiger partial charge in [-0.1, -0.05) is 13.8 Å². The monoisotopic (exact) mass is 214 g/mol. The summed E-state index contributed by atoms with van der Waals surface area (Å²) in [4.78, 5) is 24.2. The summed E-state index contributed by atoms with van der Waals surface area (Å²) in [7, 11) is 0. The van der Waals surface area contributed by atoms with Gasteiger partial charge in [0.2, 0.25) is 5.00 Å². The first-order valence-corrected chi connectivity index (χ1v) is 5.03. The van der Waals surface area contributed by atoms with Crippen molar-refractivity contribution in [1.29, 1.82) is 0 Å². The molecule has 1 aromatic rings. The molecule has 5 nitrogen and oxygen atoms in total. The molecule has 76 valence electrons.